The molecule has 0 spiro atoms. The number of nitrogens with two attached hydrogens (primary N) is 2. The van der Waals surface area contributed by atoms with E-state index < -0.39 is 48.2 Å². The van der Waals surface area contributed by atoms with Crippen molar-refractivity contribution in [3.05, 3.63) is 59.9 Å². The zero-order valence-electron chi connectivity index (χ0n) is 17.1. The van der Waals surface area contributed by atoms with E-state index in [4.69, 9.17) is 16.6 Å². The molecule has 0 aliphatic heterocycles. The number of carboxylic acid groups (broad SMARTS) is 1. The van der Waals surface area contributed by atoms with Crippen LogP contribution in [0.3, 0.4) is 0 Å². The molecule has 2 rings (SSSR count). The summed E-state index contributed by atoms with van der Waals surface area (Å²) >= 11 is 0. The highest BCUT2D eigenvalue weighted by atomic mass is 16.4. The highest BCUT2D eigenvalue weighted by molar-refractivity contribution is 5.94. The fraction of sp³-hybridized carbons (Fsp3) is 0.286. The lowest BCUT2D eigenvalue weighted by Gasteiger charge is -2.23. The minimum absolute atomic E-state index is 0.00160. The summed E-state index contributed by atoms with van der Waals surface area (Å²) in [5.41, 5.74) is 12.5. The minimum Gasteiger partial charge on any atom is -0.508 e. The van der Waals surface area contributed by atoms with Crippen LogP contribution in [0.4, 0.5) is 0 Å². The van der Waals surface area contributed by atoms with E-state index in [-0.39, 0.29) is 18.6 Å². The molecule has 8 N–H and O–H groups in total. The number of nitrogens with one attached hydrogen (secondary N) is 2. The van der Waals surface area contributed by atoms with Crippen LogP contribution in [-0.4, -0.2) is 57.0 Å². The maximum absolute atomic E-state index is 12.8. The Balaban J connectivity index is 2.15. The second-order valence-electron chi connectivity index (χ2n) is 7.16. The minimum atomic E-state index is -1.45. The molecule has 0 aliphatic carbocycles. The number of benzene rings is 1. The van der Waals surface area contributed by atoms with Crippen LogP contribution in [0.2, 0.25) is 0 Å². The number of primary amides is 1. The van der Waals surface area contributed by atoms with Gasteiger partial charge < -0.3 is 32.3 Å². The Morgan fingerprint density at radius 1 is 0.875 bits per heavy atom. The van der Waals surface area contributed by atoms with E-state index in [1.54, 1.807) is 36.7 Å². The molecule has 0 radical (unpaired) electrons. The molecule has 0 saturated carbocycles. The zero-order chi connectivity index (χ0) is 23.7. The van der Waals surface area contributed by atoms with Gasteiger partial charge in [0.1, 0.15) is 17.8 Å². The van der Waals surface area contributed by atoms with E-state index >= 15 is 0 Å². The molecule has 32 heavy (non-hydrogen) atoms. The molecule has 0 aliphatic rings. The second-order valence-corrected chi connectivity index (χ2v) is 7.16. The summed E-state index contributed by atoms with van der Waals surface area (Å²) in [6.07, 6.45) is 2.62. The van der Waals surface area contributed by atoms with Crippen molar-refractivity contribution in [2.45, 2.75) is 37.4 Å². The first-order valence-corrected chi connectivity index (χ1v) is 9.70. The molecule has 11 nitrogen and oxygen atoms in total. The molecule has 11 heteroatoms. The summed E-state index contributed by atoms with van der Waals surface area (Å²) in [4.78, 5) is 51.8. The molecule has 2 aromatic rings. The molecule has 0 saturated heterocycles. The number of hydrogen-bond acceptors (Lipinski definition) is 7. The number of aromatic hydroxyl groups is 1. The molecule has 3 unspecified atom stereocenters. The topological polar surface area (TPSA) is 198 Å². The number of carboxylic acids is 1. The predicted molar refractivity (Wildman–Crippen MR) is 113 cm³/mol. The van der Waals surface area contributed by atoms with Crippen molar-refractivity contribution in [2.75, 3.05) is 0 Å². The SMILES string of the molecule is NC(=O)C(CC(=O)O)NC(=O)C(Cc1ccc(O)cc1)NC(=O)C(N)Cc1ccncc1. The number of phenols is 1. The van der Waals surface area contributed by atoms with Crippen molar-refractivity contribution in [1.82, 2.24) is 15.6 Å². The van der Waals surface area contributed by atoms with Crippen LogP contribution in [0.25, 0.3) is 0 Å². The van der Waals surface area contributed by atoms with E-state index in [0.717, 1.165) is 5.56 Å². The van der Waals surface area contributed by atoms with Crippen molar-refractivity contribution in [3.8, 4) is 5.75 Å². The van der Waals surface area contributed by atoms with Crippen LogP contribution >= 0.6 is 0 Å². The Kier molecular flexibility index (Phi) is 8.66. The van der Waals surface area contributed by atoms with Gasteiger partial charge in [-0.05, 0) is 41.8 Å². The third-order valence-electron chi connectivity index (χ3n) is 4.59. The third kappa shape index (κ3) is 7.69. The molecule has 1 heterocycles. The highest BCUT2D eigenvalue weighted by Gasteiger charge is 2.28. The maximum Gasteiger partial charge on any atom is 0.305 e. The molecule has 170 valence electrons. The van der Waals surface area contributed by atoms with Gasteiger partial charge in [0.25, 0.3) is 0 Å². The smallest absolute Gasteiger partial charge is 0.305 e. The monoisotopic (exact) mass is 443 g/mol. The van der Waals surface area contributed by atoms with Crippen LogP contribution in [0.5, 0.6) is 5.75 Å². The second kappa shape index (κ2) is 11.4. The van der Waals surface area contributed by atoms with Crippen molar-refractivity contribution in [2.24, 2.45) is 11.5 Å². The van der Waals surface area contributed by atoms with Crippen molar-refractivity contribution >= 4 is 23.7 Å². The van der Waals surface area contributed by atoms with Crippen LogP contribution in [0.15, 0.2) is 48.8 Å². The number of rotatable bonds is 11. The molecular formula is C21H25N5O6. The fourth-order valence-electron chi connectivity index (χ4n) is 2.89. The largest absolute Gasteiger partial charge is 0.508 e. The van der Waals surface area contributed by atoms with E-state index in [1.807, 2.05) is 0 Å². The van der Waals surface area contributed by atoms with Crippen molar-refractivity contribution in [3.63, 3.8) is 0 Å². The summed E-state index contributed by atoms with van der Waals surface area (Å²) in [6, 6.07) is 5.75. The molecule has 1 aromatic heterocycles. The molecule has 3 atom stereocenters. The number of phenolic OH excluding ortho intramolecular Hbond substituents is 1. The number of carbonyl (C=O) groups is 4. The quantitative estimate of drug-likeness (QED) is 0.249. The van der Waals surface area contributed by atoms with E-state index in [1.165, 1.54) is 12.1 Å². The van der Waals surface area contributed by atoms with E-state index in [0.29, 0.717) is 5.56 Å². The van der Waals surface area contributed by atoms with Gasteiger partial charge in [-0.25, -0.2) is 0 Å². The molecular weight excluding hydrogens is 418 g/mol. The molecule has 0 fully saturated rings. The summed E-state index contributed by atoms with van der Waals surface area (Å²) in [5.74, 6) is -3.74. The van der Waals surface area contributed by atoms with Crippen LogP contribution < -0.4 is 22.1 Å². The Bertz CT molecular complexity index is 951. The zero-order valence-corrected chi connectivity index (χ0v) is 17.1. The van der Waals surface area contributed by atoms with Gasteiger partial charge in [-0.3, -0.25) is 24.2 Å². The van der Waals surface area contributed by atoms with E-state index in [9.17, 15) is 24.3 Å². The Hall–Kier alpha value is -3.99. The lowest BCUT2D eigenvalue weighted by atomic mass is 10.0. The lowest BCUT2D eigenvalue weighted by Crippen LogP contribution is -2.56. The highest BCUT2D eigenvalue weighted by Crippen LogP contribution is 2.12. The van der Waals surface area contributed by atoms with Gasteiger partial charge >= 0.3 is 5.97 Å². The summed E-state index contributed by atoms with van der Waals surface area (Å²) in [5, 5.41) is 23.2. The summed E-state index contributed by atoms with van der Waals surface area (Å²) < 4.78 is 0. The van der Waals surface area contributed by atoms with Gasteiger partial charge in [0.15, 0.2) is 0 Å². The van der Waals surface area contributed by atoms with Crippen LogP contribution in [0.1, 0.15) is 17.5 Å². The number of hydrogen-bond donors (Lipinski definition) is 6. The third-order valence-corrected chi connectivity index (χ3v) is 4.59. The maximum atomic E-state index is 12.8. The standard InChI is InChI=1S/C21H25N5O6/c22-15(9-13-5-7-24-8-6-13)20(31)26-17(10-12-1-3-14(27)4-2-12)21(32)25-16(19(23)30)11-18(28)29/h1-8,15-17,27H,9-11,22H2,(H2,23,30)(H,25,32)(H,26,31)(H,28,29). The number of nitrogens with zero attached hydrogens (tertiary/aromatic N) is 1. The van der Waals surface area contributed by atoms with Crippen LogP contribution in [0, 0.1) is 0 Å². The average Bonchev–Trinajstić information content (AvgIpc) is 2.74. The van der Waals surface area contributed by atoms with Gasteiger partial charge in [-0.1, -0.05) is 12.1 Å². The van der Waals surface area contributed by atoms with Gasteiger partial charge in [0, 0.05) is 18.8 Å². The van der Waals surface area contributed by atoms with Gasteiger partial charge in [-0.15, -0.1) is 0 Å². The normalized spacial score (nSPS) is 13.4. The first-order chi connectivity index (χ1) is 15.2. The first kappa shape index (κ1) is 24.3. The number of carbonyl (C=O) groups excluding carboxylic acids is 3. The number of aromatic nitrogens is 1. The van der Waals surface area contributed by atoms with E-state index in [2.05, 4.69) is 15.6 Å². The Labute approximate surface area is 183 Å². The molecule has 0 bridgehead atoms. The number of aliphatic carboxylic acids is 1. The summed E-state index contributed by atoms with van der Waals surface area (Å²) in [6.45, 7) is 0. The average molecular weight is 443 g/mol. The summed E-state index contributed by atoms with van der Waals surface area (Å²) in [7, 11) is 0. The van der Waals surface area contributed by atoms with Gasteiger partial charge in [-0.2, -0.15) is 0 Å². The number of amides is 3. The van der Waals surface area contributed by atoms with Gasteiger partial charge in [0.2, 0.25) is 17.7 Å². The fourth-order valence-corrected chi connectivity index (χ4v) is 2.89. The number of pyridine rings is 1. The lowest BCUT2D eigenvalue weighted by molar-refractivity contribution is -0.140. The Morgan fingerprint density at radius 3 is 2.00 bits per heavy atom. The first-order valence-electron chi connectivity index (χ1n) is 9.70. The van der Waals surface area contributed by atoms with Gasteiger partial charge in [0.05, 0.1) is 12.5 Å². The van der Waals surface area contributed by atoms with Crippen molar-refractivity contribution < 1.29 is 29.4 Å². The Morgan fingerprint density at radius 2 is 1.44 bits per heavy atom. The van der Waals surface area contributed by atoms with Crippen molar-refractivity contribution in [1.29, 1.82) is 0 Å². The molecule has 1 aromatic carbocycles. The van der Waals surface area contributed by atoms with Crippen LogP contribution in [-0.2, 0) is 32.0 Å². The molecule has 3 amide bonds. The predicted octanol–water partition coefficient (Wildman–Crippen LogP) is -1.17.